The first-order valence-corrected chi connectivity index (χ1v) is 5.82. The van der Waals surface area contributed by atoms with Crippen LogP contribution in [0.25, 0.3) is 0 Å². The Morgan fingerprint density at radius 2 is 1.76 bits per heavy atom. The summed E-state index contributed by atoms with van der Waals surface area (Å²) in [7, 11) is 0. The smallest absolute Gasteiger partial charge is 0.254 e. The third kappa shape index (κ3) is 2.30. The maximum atomic E-state index is 11.4. The zero-order valence-electron chi connectivity index (χ0n) is 9.65. The number of amides is 1. The van der Waals surface area contributed by atoms with Crippen molar-refractivity contribution in [2.75, 3.05) is 11.5 Å². The van der Waals surface area contributed by atoms with Crippen LogP contribution in [0.15, 0.2) is 0 Å². The number of hydrogen-bond donors (Lipinski definition) is 3. The van der Waals surface area contributed by atoms with E-state index in [1.54, 1.807) is 0 Å². The van der Waals surface area contributed by atoms with E-state index in [4.69, 9.17) is 17.2 Å². The van der Waals surface area contributed by atoms with Crippen LogP contribution >= 0.6 is 0 Å². The van der Waals surface area contributed by atoms with E-state index < -0.39 is 5.91 Å². The summed E-state index contributed by atoms with van der Waals surface area (Å²) in [5, 5.41) is 0. The number of primary amides is 1. The van der Waals surface area contributed by atoms with Crippen LogP contribution in [0.2, 0.25) is 0 Å². The number of nitrogens with two attached hydrogens (primary N) is 3. The minimum absolute atomic E-state index is 0.0885. The topological polar surface area (TPSA) is 121 Å². The summed E-state index contributed by atoms with van der Waals surface area (Å²) >= 11 is 0. The maximum absolute atomic E-state index is 11.4. The quantitative estimate of drug-likeness (QED) is 0.699. The molecule has 0 atom stereocenters. The van der Waals surface area contributed by atoms with Gasteiger partial charge in [-0.25, -0.2) is 4.98 Å². The van der Waals surface area contributed by atoms with Gasteiger partial charge in [-0.2, -0.15) is 4.98 Å². The predicted octanol–water partition coefficient (Wildman–Crippen LogP) is 0.788. The number of anilines is 2. The van der Waals surface area contributed by atoms with Crippen molar-refractivity contribution in [3.63, 3.8) is 0 Å². The second-order valence-electron chi connectivity index (χ2n) is 4.43. The van der Waals surface area contributed by atoms with Gasteiger partial charge >= 0.3 is 0 Å². The molecule has 1 amide bonds. The fourth-order valence-corrected chi connectivity index (χ4v) is 2.44. The van der Waals surface area contributed by atoms with Crippen molar-refractivity contribution < 1.29 is 4.79 Å². The van der Waals surface area contributed by atoms with Gasteiger partial charge in [-0.3, -0.25) is 4.79 Å². The lowest BCUT2D eigenvalue weighted by Gasteiger charge is -2.23. The molecule has 0 unspecified atom stereocenters. The van der Waals surface area contributed by atoms with Crippen molar-refractivity contribution in [1.82, 2.24) is 9.97 Å². The highest BCUT2D eigenvalue weighted by molar-refractivity contribution is 5.98. The minimum Gasteiger partial charge on any atom is -0.383 e. The van der Waals surface area contributed by atoms with Crippen molar-refractivity contribution in [2.24, 2.45) is 5.73 Å². The molecule has 0 spiro atoms. The molecule has 1 aliphatic rings. The number of hydrogen-bond acceptors (Lipinski definition) is 5. The molecule has 6 N–H and O–H groups in total. The van der Waals surface area contributed by atoms with Crippen LogP contribution in [-0.4, -0.2) is 15.9 Å². The molecular weight excluding hydrogens is 218 g/mol. The molecule has 1 heterocycles. The number of nitrogens with zero attached hydrogens (tertiary/aromatic N) is 2. The molecule has 1 aromatic rings. The van der Waals surface area contributed by atoms with E-state index in [2.05, 4.69) is 9.97 Å². The Kier molecular flexibility index (Phi) is 3.12. The summed E-state index contributed by atoms with van der Waals surface area (Å²) in [5.74, 6) is -0.166. The molecule has 2 rings (SSSR count). The van der Waals surface area contributed by atoms with Gasteiger partial charge in [0.15, 0.2) is 0 Å². The number of aromatic nitrogens is 2. The summed E-state index contributed by atoms with van der Waals surface area (Å²) in [6.07, 6.45) is 5.48. The van der Waals surface area contributed by atoms with Gasteiger partial charge in [0.05, 0.1) is 5.69 Å². The molecule has 0 saturated heterocycles. The summed E-state index contributed by atoms with van der Waals surface area (Å²) in [6, 6.07) is 0. The molecule has 0 radical (unpaired) electrons. The largest absolute Gasteiger partial charge is 0.383 e. The summed E-state index contributed by atoms with van der Waals surface area (Å²) in [5.41, 5.74) is 17.5. The number of rotatable bonds is 2. The van der Waals surface area contributed by atoms with E-state index in [1.165, 1.54) is 6.42 Å². The average Bonchev–Trinajstić information content (AvgIpc) is 2.28. The summed E-state index contributed by atoms with van der Waals surface area (Å²) in [4.78, 5) is 19.4. The standard InChI is InChI=1S/C11H17N5O/c12-9-7(10(13)17)8(15-11(14)16-9)6-4-2-1-3-5-6/h6H,1-5H2,(H2,13,17)(H4,12,14,15,16). The van der Waals surface area contributed by atoms with Gasteiger partial charge in [0, 0.05) is 5.92 Å². The molecule has 6 heteroatoms. The Morgan fingerprint density at radius 1 is 1.12 bits per heavy atom. The van der Waals surface area contributed by atoms with Crippen LogP contribution in [0, 0.1) is 0 Å². The second-order valence-corrected chi connectivity index (χ2v) is 4.43. The highest BCUT2D eigenvalue weighted by Gasteiger charge is 2.25. The van der Waals surface area contributed by atoms with Gasteiger partial charge in [0.1, 0.15) is 11.4 Å². The van der Waals surface area contributed by atoms with Gasteiger partial charge in [-0.05, 0) is 12.8 Å². The highest BCUT2D eigenvalue weighted by atomic mass is 16.1. The molecule has 6 nitrogen and oxygen atoms in total. The molecule has 92 valence electrons. The van der Waals surface area contributed by atoms with E-state index >= 15 is 0 Å². The molecule has 17 heavy (non-hydrogen) atoms. The fraction of sp³-hybridized carbons (Fsp3) is 0.545. The lowest BCUT2D eigenvalue weighted by molar-refractivity contribution is 0.0998. The molecule has 1 aliphatic carbocycles. The number of nitrogen functional groups attached to an aromatic ring is 2. The monoisotopic (exact) mass is 235 g/mol. The van der Waals surface area contributed by atoms with Gasteiger partial charge in [0.2, 0.25) is 5.95 Å². The molecule has 1 aromatic heterocycles. The van der Waals surface area contributed by atoms with Crippen LogP contribution in [0.3, 0.4) is 0 Å². The van der Waals surface area contributed by atoms with Crippen LogP contribution < -0.4 is 17.2 Å². The maximum Gasteiger partial charge on any atom is 0.254 e. The normalized spacial score (nSPS) is 16.9. The minimum atomic E-state index is -0.580. The number of carbonyl (C=O) groups is 1. The molecule has 0 aliphatic heterocycles. The summed E-state index contributed by atoms with van der Waals surface area (Å²) < 4.78 is 0. The van der Waals surface area contributed by atoms with E-state index in [1.807, 2.05) is 0 Å². The zero-order valence-corrected chi connectivity index (χ0v) is 9.65. The third-order valence-electron chi connectivity index (χ3n) is 3.22. The second kappa shape index (κ2) is 4.57. The SMILES string of the molecule is NC(=O)c1c(N)nc(N)nc1C1CCCCC1. The highest BCUT2D eigenvalue weighted by Crippen LogP contribution is 2.34. The molecule has 0 aromatic carbocycles. The first-order chi connectivity index (χ1) is 8.09. The number of carbonyl (C=O) groups excluding carboxylic acids is 1. The fourth-order valence-electron chi connectivity index (χ4n) is 2.44. The lowest BCUT2D eigenvalue weighted by Crippen LogP contribution is -2.22. The van der Waals surface area contributed by atoms with Crippen molar-refractivity contribution in [3.05, 3.63) is 11.3 Å². The van der Waals surface area contributed by atoms with Crippen molar-refractivity contribution in [1.29, 1.82) is 0 Å². The van der Waals surface area contributed by atoms with Gasteiger partial charge in [-0.15, -0.1) is 0 Å². The average molecular weight is 235 g/mol. The molecular formula is C11H17N5O. The van der Waals surface area contributed by atoms with E-state index in [0.29, 0.717) is 5.69 Å². The zero-order chi connectivity index (χ0) is 12.4. The van der Waals surface area contributed by atoms with Crippen LogP contribution in [0.1, 0.15) is 54.1 Å². The molecule has 1 fully saturated rings. The Hall–Kier alpha value is -1.85. The van der Waals surface area contributed by atoms with Crippen molar-refractivity contribution in [3.8, 4) is 0 Å². The molecule has 1 saturated carbocycles. The first-order valence-electron chi connectivity index (χ1n) is 5.82. The van der Waals surface area contributed by atoms with Crippen LogP contribution in [0.5, 0.6) is 0 Å². The lowest BCUT2D eigenvalue weighted by atomic mass is 9.85. The Balaban J connectivity index is 2.46. The van der Waals surface area contributed by atoms with E-state index in [9.17, 15) is 4.79 Å². The first kappa shape index (κ1) is 11.6. The predicted molar refractivity (Wildman–Crippen MR) is 65.2 cm³/mol. The van der Waals surface area contributed by atoms with Gasteiger partial charge in [0.25, 0.3) is 5.91 Å². The Bertz CT molecular complexity index is 440. The van der Waals surface area contributed by atoms with E-state index in [-0.39, 0.29) is 23.2 Å². The Morgan fingerprint density at radius 3 is 2.35 bits per heavy atom. The van der Waals surface area contributed by atoms with Crippen LogP contribution in [-0.2, 0) is 0 Å². The third-order valence-corrected chi connectivity index (χ3v) is 3.22. The van der Waals surface area contributed by atoms with Crippen molar-refractivity contribution in [2.45, 2.75) is 38.0 Å². The molecule has 0 bridgehead atoms. The Labute approximate surface area is 99.6 Å². The van der Waals surface area contributed by atoms with Gasteiger partial charge in [-0.1, -0.05) is 19.3 Å². The van der Waals surface area contributed by atoms with Crippen LogP contribution in [0.4, 0.5) is 11.8 Å². The van der Waals surface area contributed by atoms with Crippen molar-refractivity contribution >= 4 is 17.7 Å². The van der Waals surface area contributed by atoms with E-state index in [0.717, 1.165) is 25.7 Å². The van der Waals surface area contributed by atoms with Gasteiger partial charge < -0.3 is 17.2 Å². The summed E-state index contributed by atoms with van der Waals surface area (Å²) in [6.45, 7) is 0.